The summed E-state index contributed by atoms with van der Waals surface area (Å²) in [6, 6.07) is 8.78. The molecule has 0 spiro atoms. The number of carbonyl (C=O) groups excluding carboxylic acids is 2. The highest BCUT2D eigenvalue weighted by Gasteiger charge is 2.30. The van der Waals surface area contributed by atoms with E-state index < -0.39 is 12.1 Å². The minimum atomic E-state index is -0.535. The maximum absolute atomic E-state index is 12.2. The summed E-state index contributed by atoms with van der Waals surface area (Å²) in [5.74, 6) is -0.0859. The largest absolute Gasteiger partial charge is 0.445 e. The summed E-state index contributed by atoms with van der Waals surface area (Å²) in [6.45, 7) is 4.07. The van der Waals surface area contributed by atoms with Crippen LogP contribution in [0, 0.1) is 5.92 Å². The number of hydrogen-bond donors (Lipinski definition) is 3. The maximum atomic E-state index is 12.2. The number of benzene rings is 1. The molecule has 0 saturated heterocycles. The van der Waals surface area contributed by atoms with Gasteiger partial charge in [0.05, 0.1) is 12.1 Å². The molecule has 0 aliphatic heterocycles. The highest BCUT2D eigenvalue weighted by molar-refractivity contribution is 5.82. The molecule has 25 heavy (non-hydrogen) atoms. The highest BCUT2D eigenvalue weighted by Crippen LogP contribution is 2.19. The molecule has 2 rings (SSSR count). The summed E-state index contributed by atoms with van der Waals surface area (Å²) in [5.41, 5.74) is 6.85. The van der Waals surface area contributed by atoms with Crippen molar-refractivity contribution in [1.82, 2.24) is 10.6 Å². The molecule has 1 aromatic carbocycles. The number of nitrogens with one attached hydrogen (secondary N) is 2. The van der Waals surface area contributed by atoms with Crippen LogP contribution in [-0.4, -0.2) is 30.1 Å². The Hall–Kier alpha value is -2.08. The van der Waals surface area contributed by atoms with E-state index in [0.717, 1.165) is 31.2 Å². The van der Waals surface area contributed by atoms with Gasteiger partial charge in [0.25, 0.3) is 0 Å². The van der Waals surface area contributed by atoms with Crippen molar-refractivity contribution in [1.29, 1.82) is 0 Å². The van der Waals surface area contributed by atoms with Crippen LogP contribution in [0.25, 0.3) is 0 Å². The molecule has 3 atom stereocenters. The van der Waals surface area contributed by atoms with Crippen LogP contribution < -0.4 is 16.4 Å². The summed E-state index contributed by atoms with van der Waals surface area (Å²) in [6.07, 6.45) is 3.25. The Bertz CT molecular complexity index is 562. The predicted molar refractivity (Wildman–Crippen MR) is 96.8 cm³/mol. The molecule has 0 bridgehead atoms. The number of hydrogen-bond acceptors (Lipinski definition) is 4. The Morgan fingerprint density at radius 3 is 2.32 bits per heavy atom. The van der Waals surface area contributed by atoms with E-state index in [1.807, 2.05) is 44.2 Å². The molecule has 1 saturated carbocycles. The van der Waals surface area contributed by atoms with Crippen LogP contribution in [0.1, 0.15) is 45.1 Å². The second kappa shape index (κ2) is 9.42. The van der Waals surface area contributed by atoms with Gasteiger partial charge in [0.15, 0.2) is 0 Å². The molecule has 1 aliphatic carbocycles. The zero-order valence-corrected chi connectivity index (χ0v) is 15.0. The van der Waals surface area contributed by atoms with Gasteiger partial charge in [0, 0.05) is 6.04 Å². The summed E-state index contributed by atoms with van der Waals surface area (Å²) in [7, 11) is 0. The quantitative estimate of drug-likeness (QED) is 0.736. The molecule has 0 aromatic heterocycles. The third kappa shape index (κ3) is 6.05. The molecular formula is C19H29N3O3. The van der Waals surface area contributed by atoms with Gasteiger partial charge in [-0.15, -0.1) is 0 Å². The van der Waals surface area contributed by atoms with Gasteiger partial charge in [0.2, 0.25) is 5.91 Å². The van der Waals surface area contributed by atoms with Crippen molar-refractivity contribution in [2.75, 3.05) is 0 Å². The number of amides is 2. The van der Waals surface area contributed by atoms with E-state index in [1.54, 1.807) is 0 Å². The highest BCUT2D eigenvalue weighted by atomic mass is 16.5. The monoisotopic (exact) mass is 347 g/mol. The predicted octanol–water partition coefficient (Wildman–Crippen LogP) is 2.32. The number of nitrogens with two attached hydrogens (primary N) is 1. The van der Waals surface area contributed by atoms with E-state index in [-0.39, 0.29) is 30.5 Å². The minimum absolute atomic E-state index is 0.0748. The minimum Gasteiger partial charge on any atom is -0.445 e. The molecule has 1 fully saturated rings. The number of ether oxygens (including phenoxy) is 1. The van der Waals surface area contributed by atoms with Crippen molar-refractivity contribution >= 4 is 12.0 Å². The zero-order chi connectivity index (χ0) is 18.2. The smallest absolute Gasteiger partial charge is 0.407 e. The van der Waals surface area contributed by atoms with E-state index >= 15 is 0 Å². The lowest BCUT2D eigenvalue weighted by atomic mass is 9.90. The van der Waals surface area contributed by atoms with Crippen molar-refractivity contribution in [2.24, 2.45) is 11.7 Å². The Morgan fingerprint density at radius 2 is 1.72 bits per heavy atom. The fourth-order valence-electron chi connectivity index (χ4n) is 2.97. The second-order valence-electron chi connectivity index (χ2n) is 6.98. The number of carbonyl (C=O) groups is 2. The molecule has 4 N–H and O–H groups in total. The molecule has 138 valence electrons. The Balaban J connectivity index is 1.85. The molecule has 3 unspecified atom stereocenters. The van der Waals surface area contributed by atoms with E-state index in [0.29, 0.717) is 0 Å². The van der Waals surface area contributed by atoms with Crippen LogP contribution >= 0.6 is 0 Å². The van der Waals surface area contributed by atoms with Crippen LogP contribution in [0.4, 0.5) is 4.79 Å². The molecule has 1 aliphatic rings. The lowest BCUT2D eigenvalue weighted by Gasteiger charge is -2.33. The molecule has 0 radical (unpaired) electrons. The van der Waals surface area contributed by atoms with Crippen LogP contribution in [0.3, 0.4) is 0 Å². The second-order valence-corrected chi connectivity index (χ2v) is 6.98. The fourth-order valence-corrected chi connectivity index (χ4v) is 2.97. The van der Waals surface area contributed by atoms with E-state index in [1.165, 1.54) is 0 Å². The van der Waals surface area contributed by atoms with Gasteiger partial charge in [-0.05, 0) is 24.3 Å². The first-order chi connectivity index (χ1) is 12.0. The summed E-state index contributed by atoms with van der Waals surface area (Å²) in [4.78, 5) is 24.3. The Kier molecular flexibility index (Phi) is 7.25. The molecule has 2 amide bonds. The normalized spacial score (nSPS) is 21.4. The van der Waals surface area contributed by atoms with Crippen LogP contribution in [-0.2, 0) is 16.1 Å². The molecule has 1 aromatic rings. The van der Waals surface area contributed by atoms with E-state index in [9.17, 15) is 9.59 Å². The fraction of sp³-hybridized carbons (Fsp3) is 0.579. The Morgan fingerprint density at radius 1 is 1.12 bits per heavy atom. The topological polar surface area (TPSA) is 93.5 Å². The molecule has 0 heterocycles. The SMILES string of the molecule is CC(C)C(N)C(=O)NC1CCCCC1NC(=O)OCc1ccccc1. The number of alkyl carbamates (subject to hydrolysis) is 1. The number of rotatable bonds is 6. The van der Waals surface area contributed by atoms with Gasteiger partial charge in [-0.25, -0.2) is 4.79 Å². The van der Waals surface area contributed by atoms with Crippen molar-refractivity contribution in [3.63, 3.8) is 0 Å². The average molecular weight is 347 g/mol. The zero-order valence-electron chi connectivity index (χ0n) is 15.0. The van der Waals surface area contributed by atoms with Gasteiger partial charge in [-0.1, -0.05) is 57.0 Å². The van der Waals surface area contributed by atoms with Crippen LogP contribution in [0.2, 0.25) is 0 Å². The van der Waals surface area contributed by atoms with Gasteiger partial charge in [-0.3, -0.25) is 4.79 Å². The first-order valence-corrected chi connectivity index (χ1v) is 9.00. The third-order valence-electron chi connectivity index (χ3n) is 4.63. The molecule has 6 nitrogen and oxygen atoms in total. The van der Waals surface area contributed by atoms with Gasteiger partial charge >= 0.3 is 6.09 Å². The van der Waals surface area contributed by atoms with Gasteiger partial charge in [-0.2, -0.15) is 0 Å². The lowest BCUT2D eigenvalue weighted by molar-refractivity contribution is -0.124. The first-order valence-electron chi connectivity index (χ1n) is 9.00. The summed E-state index contributed by atoms with van der Waals surface area (Å²) >= 11 is 0. The average Bonchev–Trinajstić information content (AvgIpc) is 2.61. The third-order valence-corrected chi connectivity index (χ3v) is 4.63. The van der Waals surface area contributed by atoms with Crippen LogP contribution in [0.15, 0.2) is 30.3 Å². The van der Waals surface area contributed by atoms with Gasteiger partial charge in [0.1, 0.15) is 6.61 Å². The van der Waals surface area contributed by atoms with Crippen molar-refractivity contribution in [2.45, 2.75) is 64.3 Å². The lowest BCUT2D eigenvalue weighted by Crippen LogP contribution is -2.56. The molecular weight excluding hydrogens is 318 g/mol. The maximum Gasteiger partial charge on any atom is 0.407 e. The van der Waals surface area contributed by atoms with E-state index in [4.69, 9.17) is 10.5 Å². The first kappa shape index (κ1) is 19.2. The van der Waals surface area contributed by atoms with E-state index in [2.05, 4.69) is 10.6 Å². The van der Waals surface area contributed by atoms with Gasteiger partial charge < -0.3 is 21.1 Å². The van der Waals surface area contributed by atoms with Crippen LogP contribution in [0.5, 0.6) is 0 Å². The van der Waals surface area contributed by atoms with Crippen molar-refractivity contribution in [3.05, 3.63) is 35.9 Å². The van der Waals surface area contributed by atoms with Crippen molar-refractivity contribution in [3.8, 4) is 0 Å². The van der Waals surface area contributed by atoms with Crippen molar-refractivity contribution < 1.29 is 14.3 Å². The summed E-state index contributed by atoms with van der Waals surface area (Å²) in [5, 5.41) is 5.89. The molecule has 6 heteroatoms. The Labute approximate surface area is 149 Å². The standard InChI is InChI=1S/C19H29N3O3/c1-13(2)17(20)18(23)21-15-10-6-7-11-16(15)22-19(24)25-12-14-8-4-3-5-9-14/h3-5,8-9,13,15-17H,6-7,10-12,20H2,1-2H3,(H,21,23)(H,22,24). The summed E-state index contributed by atoms with van der Waals surface area (Å²) < 4.78 is 5.28.